The Labute approximate surface area is 89.9 Å². The van der Waals surface area contributed by atoms with Crippen molar-refractivity contribution in [3.8, 4) is 6.07 Å². The zero-order valence-electron chi connectivity index (χ0n) is 9.13. The highest BCUT2D eigenvalue weighted by Gasteiger charge is 2.05. The Morgan fingerprint density at radius 2 is 2.20 bits per heavy atom. The summed E-state index contributed by atoms with van der Waals surface area (Å²) in [5, 5.41) is 8.61. The summed E-state index contributed by atoms with van der Waals surface area (Å²) in [7, 11) is 0. The van der Waals surface area contributed by atoms with Crippen molar-refractivity contribution in [1.29, 1.82) is 5.26 Å². The van der Waals surface area contributed by atoms with Gasteiger partial charge < -0.3 is 0 Å². The Balaban J connectivity index is 2.75. The van der Waals surface area contributed by atoms with E-state index in [1.54, 1.807) is 6.07 Å². The fourth-order valence-corrected chi connectivity index (χ4v) is 1.46. The fourth-order valence-electron chi connectivity index (χ4n) is 1.46. The largest absolute Gasteiger partial charge is 0.287 e. The summed E-state index contributed by atoms with van der Waals surface area (Å²) in [6, 6.07) is 6.89. The van der Waals surface area contributed by atoms with Gasteiger partial charge >= 0.3 is 0 Å². The lowest BCUT2D eigenvalue weighted by Gasteiger charge is -2.17. The van der Waals surface area contributed by atoms with Crippen molar-refractivity contribution in [2.24, 2.45) is 0 Å². The third-order valence-electron chi connectivity index (χ3n) is 2.44. The Morgan fingerprint density at radius 1 is 1.47 bits per heavy atom. The Bertz CT molecular complexity index is 368. The molecule has 0 amide bonds. The van der Waals surface area contributed by atoms with Crippen LogP contribution >= 0.6 is 0 Å². The Morgan fingerprint density at radius 3 is 2.73 bits per heavy atom. The van der Waals surface area contributed by atoms with Gasteiger partial charge in [0.05, 0.1) is 12.6 Å². The van der Waals surface area contributed by atoms with E-state index >= 15 is 0 Å². The minimum Gasteiger partial charge on any atom is -0.287 e. The van der Waals surface area contributed by atoms with E-state index in [-0.39, 0.29) is 5.82 Å². The number of halogens is 1. The van der Waals surface area contributed by atoms with Gasteiger partial charge in [-0.1, -0.05) is 13.0 Å². The van der Waals surface area contributed by atoms with Gasteiger partial charge in [-0.2, -0.15) is 5.26 Å². The van der Waals surface area contributed by atoms with Crippen LogP contribution in [0.2, 0.25) is 0 Å². The summed E-state index contributed by atoms with van der Waals surface area (Å²) in [6.45, 7) is 5.84. The number of hydrogen-bond acceptors (Lipinski definition) is 2. The molecule has 1 rings (SSSR count). The molecule has 80 valence electrons. The minimum absolute atomic E-state index is 0.209. The second kappa shape index (κ2) is 5.47. The maximum Gasteiger partial charge on any atom is 0.123 e. The van der Waals surface area contributed by atoms with Crippen molar-refractivity contribution in [2.45, 2.75) is 20.4 Å². The molecule has 0 aliphatic rings. The van der Waals surface area contributed by atoms with Crippen LogP contribution < -0.4 is 0 Å². The van der Waals surface area contributed by atoms with Crippen molar-refractivity contribution in [3.63, 3.8) is 0 Å². The molecular weight excluding hydrogens is 191 g/mol. The molecule has 0 heterocycles. The second-order valence-electron chi connectivity index (χ2n) is 3.53. The van der Waals surface area contributed by atoms with Crippen molar-refractivity contribution in [1.82, 2.24) is 4.90 Å². The molecule has 0 spiro atoms. The van der Waals surface area contributed by atoms with Gasteiger partial charge in [-0.3, -0.25) is 4.90 Å². The highest BCUT2D eigenvalue weighted by molar-refractivity contribution is 5.26. The van der Waals surface area contributed by atoms with E-state index in [0.717, 1.165) is 17.7 Å². The van der Waals surface area contributed by atoms with Crippen LogP contribution in [0.4, 0.5) is 4.39 Å². The highest BCUT2D eigenvalue weighted by Crippen LogP contribution is 2.12. The van der Waals surface area contributed by atoms with Crippen molar-refractivity contribution in [3.05, 3.63) is 35.1 Å². The predicted octanol–water partition coefficient (Wildman–Crippen LogP) is 2.48. The quantitative estimate of drug-likeness (QED) is 0.708. The Hall–Kier alpha value is -1.40. The summed E-state index contributed by atoms with van der Waals surface area (Å²) >= 11 is 0. The summed E-state index contributed by atoms with van der Waals surface area (Å²) in [4.78, 5) is 2.01. The van der Waals surface area contributed by atoms with Crippen LogP contribution in [0.5, 0.6) is 0 Å². The number of rotatable bonds is 4. The lowest BCUT2D eigenvalue weighted by atomic mass is 10.1. The van der Waals surface area contributed by atoms with Crippen molar-refractivity contribution < 1.29 is 4.39 Å². The molecule has 0 aliphatic heterocycles. The summed E-state index contributed by atoms with van der Waals surface area (Å²) < 4.78 is 12.8. The third kappa shape index (κ3) is 3.34. The first kappa shape index (κ1) is 11.7. The molecular formula is C12H15FN2. The molecule has 3 heteroatoms. The molecule has 0 unspecified atom stereocenters. The molecule has 0 radical (unpaired) electrons. The number of nitriles is 1. The van der Waals surface area contributed by atoms with Crippen molar-refractivity contribution >= 4 is 0 Å². The van der Waals surface area contributed by atoms with Crippen LogP contribution in [0.15, 0.2) is 18.2 Å². The molecule has 0 aliphatic carbocycles. The molecule has 1 aromatic rings. The van der Waals surface area contributed by atoms with Gasteiger partial charge in [0.2, 0.25) is 0 Å². The van der Waals surface area contributed by atoms with Crippen LogP contribution in [0.1, 0.15) is 18.1 Å². The normalized spacial score (nSPS) is 10.3. The van der Waals surface area contributed by atoms with Crippen LogP contribution in [-0.4, -0.2) is 18.0 Å². The summed E-state index contributed by atoms with van der Waals surface area (Å²) in [6.07, 6.45) is 0. The molecule has 0 fully saturated rings. The first-order valence-corrected chi connectivity index (χ1v) is 5.01. The minimum atomic E-state index is -0.209. The van der Waals surface area contributed by atoms with E-state index < -0.39 is 0 Å². The zero-order chi connectivity index (χ0) is 11.3. The molecule has 0 saturated heterocycles. The first-order valence-electron chi connectivity index (χ1n) is 5.01. The van der Waals surface area contributed by atoms with Gasteiger partial charge in [-0.25, -0.2) is 4.39 Å². The predicted molar refractivity (Wildman–Crippen MR) is 57.7 cm³/mol. The number of aryl methyl sites for hydroxylation is 1. The number of hydrogen-bond donors (Lipinski definition) is 0. The topological polar surface area (TPSA) is 27.0 Å². The van der Waals surface area contributed by atoms with Gasteiger partial charge in [0.15, 0.2) is 0 Å². The van der Waals surface area contributed by atoms with Crippen molar-refractivity contribution in [2.75, 3.05) is 13.1 Å². The molecule has 2 nitrogen and oxygen atoms in total. The van der Waals surface area contributed by atoms with Gasteiger partial charge in [0, 0.05) is 6.54 Å². The summed E-state index contributed by atoms with van der Waals surface area (Å²) in [5.41, 5.74) is 2.01. The monoisotopic (exact) mass is 206 g/mol. The molecule has 0 aromatic heterocycles. The smallest absolute Gasteiger partial charge is 0.123 e. The lowest BCUT2D eigenvalue weighted by Crippen LogP contribution is -2.23. The molecule has 0 N–H and O–H groups in total. The van der Waals surface area contributed by atoms with Crippen LogP contribution in [0, 0.1) is 24.1 Å². The molecule has 15 heavy (non-hydrogen) atoms. The fraction of sp³-hybridized carbons (Fsp3) is 0.417. The highest BCUT2D eigenvalue weighted by atomic mass is 19.1. The van der Waals surface area contributed by atoms with Crippen LogP contribution in [0.3, 0.4) is 0 Å². The maximum atomic E-state index is 12.8. The second-order valence-corrected chi connectivity index (χ2v) is 3.53. The molecule has 1 aromatic carbocycles. The summed E-state index contributed by atoms with van der Waals surface area (Å²) in [5.74, 6) is -0.209. The average molecular weight is 206 g/mol. The first-order chi connectivity index (χ1) is 7.17. The SMILES string of the molecule is CCN(CC#N)Cc1ccc(F)cc1C. The van der Waals surface area contributed by atoms with E-state index in [2.05, 4.69) is 6.07 Å². The van der Waals surface area contributed by atoms with Gasteiger partial charge in [0.1, 0.15) is 5.82 Å². The molecule has 0 atom stereocenters. The Kier molecular flexibility index (Phi) is 4.26. The van der Waals surface area contributed by atoms with Crippen LogP contribution in [0.25, 0.3) is 0 Å². The van der Waals surface area contributed by atoms with E-state index in [1.165, 1.54) is 12.1 Å². The van der Waals surface area contributed by atoms with E-state index in [4.69, 9.17) is 5.26 Å². The maximum absolute atomic E-state index is 12.8. The molecule has 0 bridgehead atoms. The number of nitrogens with zero attached hydrogens (tertiary/aromatic N) is 2. The van der Waals surface area contributed by atoms with E-state index in [1.807, 2.05) is 18.7 Å². The standard InChI is InChI=1S/C12H15FN2/c1-3-15(7-6-14)9-11-4-5-12(13)8-10(11)2/h4-5,8H,3,7,9H2,1-2H3. The van der Waals surface area contributed by atoms with E-state index in [9.17, 15) is 4.39 Å². The zero-order valence-corrected chi connectivity index (χ0v) is 9.13. The van der Waals surface area contributed by atoms with Gasteiger partial charge in [0.25, 0.3) is 0 Å². The third-order valence-corrected chi connectivity index (χ3v) is 2.44. The van der Waals surface area contributed by atoms with Gasteiger partial charge in [-0.15, -0.1) is 0 Å². The van der Waals surface area contributed by atoms with Gasteiger partial charge in [-0.05, 0) is 36.7 Å². The molecule has 0 saturated carbocycles. The number of benzene rings is 1. The lowest BCUT2D eigenvalue weighted by molar-refractivity contribution is 0.314. The van der Waals surface area contributed by atoms with Crippen LogP contribution in [-0.2, 0) is 6.54 Å². The van der Waals surface area contributed by atoms with E-state index in [0.29, 0.717) is 13.1 Å². The average Bonchev–Trinajstić information content (AvgIpc) is 2.21.